The van der Waals surface area contributed by atoms with Gasteiger partial charge in [-0.1, -0.05) is 65.3 Å². The number of nitrogens with one attached hydrogen (secondary N) is 2. The Kier molecular flexibility index (Phi) is 9.06. The number of thioether (sulfide) groups is 1. The lowest BCUT2D eigenvalue weighted by atomic mass is 10.0. The molecule has 0 radical (unpaired) electrons. The van der Waals surface area contributed by atoms with E-state index < -0.39 is 0 Å². The minimum atomic E-state index is -0.355. The number of anilines is 1. The molecule has 0 aliphatic carbocycles. The maximum absolute atomic E-state index is 12.9. The molecule has 1 atom stereocenters. The highest BCUT2D eigenvalue weighted by Gasteiger charge is 2.26. The summed E-state index contributed by atoms with van der Waals surface area (Å²) in [6.45, 7) is 10.3. The highest BCUT2D eigenvalue weighted by atomic mass is 79.9. The molecule has 0 aliphatic heterocycles. The van der Waals surface area contributed by atoms with Crippen molar-refractivity contribution in [3.05, 3.63) is 82.6 Å². The van der Waals surface area contributed by atoms with Crippen LogP contribution in [0.3, 0.4) is 0 Å². The lowest BCUT2D eigenvalue weighted by molar-refractivity contribution is -0.113. The Morgan fingerprint density at radius 2 is 1.91 bits per heavy atom. The molecule has 0 saturated heterocycles. The van der Waals surface area contributed by atoms with Crippen LogP contribution < -0.4 is 10.6 Å². The zero-order valence-electron chi connectivity index (χ0n) is 19.4. The average Bonchev–Trinajstić information content (AvgIpc) is 3.19. The second-order valence-corrected chi connectivity index (χ2v) is 10.0. The van der Waals surface area contributed by atoms with Crippen molar-refractivity contribution in [1.29, 1.82) is 0 Å². The van der Waals surface area contributed by atoms with Crippen LogP contribution in [0.4, 0.5) is 5.69 Å². The van der Waals surface area contributed by atoms with Gasteiger partial charge in [0.05, 0.1) is 11.8 Å². The first-order chi connectivity index (χ1) is 16.3. The minimum absolute atomic E-state index is 0.0695. The fraction of sp³-hybridized carbons (Fsp3) is 0.280. The van der Waals surface area contributed by atoms with Crippen molar-refractivity contribution in [2.24, 2.45) is 5.92 Å². The number of rotatable bonds is 10. The van der Waals surface area contributed by atoms with E-state index in [1.807, 2.05) is 67.8 Å². The fourth-order valence-electron chi connectivity index (χ4n) is 3.34. The third-order valence-corrected chi connectivity index (χ3v) is 6.52. The third kappa shape index (κ3) is 6.80. The molecular formula is C25H28BrN5O2S. The molecule has 1 aromatic heterocycles. The van der Waals surface area contributed by atoms with Crippen LogP contribution in [-0.4, -0.2) is 32.3 Å². The Labute approximate surface area is 212 Å². The van der Waals surface area contributed by atoms with Gasteiger partial charge >= 0.3 is 0 Å². The highest BCUT2D eigenvalue weighted by molar-refractivity contribution is 9.10. The molecule has 2 N–H and O–H groups in total. The summed E-state index contributed by atoms with van der Waals surface area (Å²) in [7, 11) is 0. The molecule has 0 bridgehead atoms. The van der Waals surface area contributed by atoms with E-state index in [1.54, 1.807) is 12.1 Å². The Morgan fingerprint density at radius 1 is 1.18 bits per heavy atom. The van der Waals surface area contributed by atoms with Crippen LogP contribution in [0.15, 0.2) is 70.8 Å². The summed E-state index contributed by atoms with van der Waals surface area (Å²) >= 11 is 4.67. The van der Waals surface area contributed by atoms with E-state index in [9.17, 15) is 9.59 Å². The molecule has 1 heterocycles. The van der Waals surface area contributed by atoms with E-state index in [0.717, 1.165) is 15.7 Å². The van der Waals surface area contributed by atoms with Gasteiger partial charge in [0.1, 0.15) is 0 Å². The van der Waals surface area contributed by atoms with E-state index in [2.05, 4.69) is 43.3 Å². The van der Waals surface area contributed by atoms with E-state index >= 15 is 0 Å². The molecule has 3 aromatic rings. The summed E-state index contributed by atoms with van der Waals surface area (Å²) in [5, 5.41) is 15.3. The lowest BCUT2D eigenvalue weighted by Crippen LogP contribution is -2.34. The molecule has 7 nitrogen and oxygen atoms in total. The minimum Gasteiger partial charge on any atom is -0.342 e. The summed E-state index contributed by atoms with van der Waals surface area (Å²) < 4.78 is 2.84. The van der Waals surface area contributed by atoms with Gasteiger partial charge in [-0.2, -0.15) is 0 Å². The molecule has 2 amide bonds. The largest absolute Gasteiger partial charge is 0.342 e. The van der Waals surface area contributed by atoms with Gasteiger partial charge in [-0.15, -0.1) is 16.8 Å². The zero-order valence-corrected chi connectivity index (χ0v) is 21.8. The highest BCUT2D eigenvalue weighted by Crippen LogP contribution is 2.26. The van der Waals surface area contributed by atoms with Crippen molar-refractivity contribution in [3.8, 4) is 0 Å². The van der Waals surface area contributed by atoms with Gasteiger partial charge in [0.15, 0.2) is 11.0 Å². The SMILES string of the molecule is C=CCn1c(SCC(=O)Nc2ccc(Br)cc2)nnc1[C@H](NC(=O)c1cccc(C)c1)C(C)C. The normalized spacial score (nSPS) is 11.8. The van der Waals surface area contributed by atoms with Crippen molar-refractivity contribution >= 4 is 45.2 Å². The molecule has 0 saturated carbocycles. The van der Waals surface area contributed by atoms with Crippen molar-refractivity contribution in [2.75, 3.05) is 11.1 Å². The van der Waals surface area contributed by atoms with Crippen LogP contribution in [-0.2, 0) is 11.3 Å². The summed E-state index contributed by atoms with van der Waals surface area (Å²) in [4.78, 5) is 25.4. The smallest absolute Gasteiger partial charge is 0.251 e. The van der Waals surface area contributed by atoms with Gasteiger partial charge in [-0.05, 0) is 49.2 Å². The number of halogens is 1. The van der Waals surface area contributed by atoms with Crippen LogP contribution >= 0.6 is 27.7 Å². The van der Waals surface area contributed by atoms with E-state index in [1.165, 1.54) is 11.8 Å². The first-order valence-corrected chi connectivity index (χ1v) is 12.7. The first-order valence-electron chi connectivity index (χ1n) is 10.9. The molecule has 0 spiro atoms. The van der Waals surface area contributed by atoms with Gasteiger partial charge < -0.3 is 15.2 Å². The maximum atomic E-state index is 12.9. The van der Waals surface area contributed by atoms with Gasteiger partial charge in [0.25, 0.3) is 5.91 Å². The molecular weight excluding hydrogens is 514 g/mol. The number of carbonyl (C=O) groups is 2. The summed E-state index contributed by atoms with van der Waals surface area (Å²) in [6, 6.07) is 14.5. The maximum Gasteiger partial charge on any atom is 0.251 e. The van der Waals surface area contributed by atoms with Crippen LogP contribution in [0.1, 0.15) is 41.6 Å². The zero-order chi connectivity index (χ0) is 24.7. The van der Waals surface area contributed by atoms with E-state index in [0.29, 0.717) is 23.1 Å². The molecule has 3 rings (SSSR count). The monoisotopic (exact) mass is 541 g/mol. The van der Waals surface area contributed by atoms with Gasteiger partial charge in [-0.3, -0.25) is 9.59 Å². The van der Waals surface area contributed by atoms with Gasteiger partial charge in [0.2, 0.25) is 5.91 Å². The molecule has 0 fully saturated rings. The molecule has 34 heavy (non-hydrogen) atoms. The van der Waals surface area contributed by atoms with Gasteiger partial charge in [-0.25, -0.2) is 0 Å². The van der Waals surface area contributed by atoms with Gasteiger partial charge in [0, 0.05) is 22.3 Å². The Morgan fingerprint density at radius 3 is 2.56 bits per heavy atom. The molecule has 178 valence electrons. The third-order valence-electron chi connectivity index (χ3n) is 5.03. The van der Waals surface area contributed by atoms with Crippen molar-refractivity contribution < 1.29 is 9.59 Å². The lowest BCUT2D eigenvalue weighted by Gasteiger charge is -2.22. The fourth-order valence-corrected chi connectivity index (χ4v) is 4.36. The number of allylic oxidation sites excluding steroid dienone is 1. The molecule has 0 unspecified atom stereocenters. The second-order valence-electron chi connectivity index (χ2n) is 8.15. The predicted molar refractivity (Wildman–Crippen MR) is 140 cm³/mol. The van der Waals surface area contributed by atoms with Crippen LogP contribution in [0, 0.1) is 12.8 Å². The van der Waals surface area contributed by atoms with E-state index in [4.69, 9.17) is 0 Å². The van der Waals surface area contributed by atoms with Crippen molar-refractivity contribution in [1.82, 2.24) is 20.1 Å². The van der Waals surface area contributed by atoms with Crippen molar-refractivity contribution in [3.63, 3.8) is 0 Å². The molecule has 0 aliphatic rings. The molecule has 2 aromatic carbocycles. The number of aromatic nitrogens is 3. The van der Waals surface area contributed by atoms with Crippen molar-refractivity contribution in [2.45, 2.75) is 38.5 Å². The summed E-state index contributed by atoms with van der Waals surface area (Å²) in [6.07, 6.45) is 1.75. The van der Waals surface area contributed by atoms with Crippen LogP contribution in [0.25, 0.3) is 0 Å². The number of hydrogen-bond donors (Lipinski definition) is 2. The Balaban J connectivity index is 1.74. The summed E-state index contributed by atoms with van der Waals surface area (Å²) in [5.74, 6) is 0.563. The Hall–Kier alpha value is -2.91. The van der Waals surface area contributed by atoms with Crippen LogP contribution in [0.5, 0.6) is 0 Å². The molecule has 9 heteroatoms. The number of carbonyl (C=O) groups excluding carboxylic acids is 2. The number of hydrogen-bond acceptors (Lipinski definition) is 5. The topological polar surface area (TPSA) is 88.9 Å². The quantitative estimate of drug-likeness (QED) is 0.265. The van der Waals surface area contributed by atoms with Crippen LogP contribution in [0.2, 0.25) is 0 Å². The van der Waals surface area contributed by atoms with E-state index in [-0.39, 0.29) is 29.5 Å². The Bertz CT molecular complexity index is 1160. The number of nitrogens with zero attached hydrogens (tertiary/aromatic N) is 3. The first kappa shape index (κ1) is 25.7. The number of aryl methyl sites for hydroxylation is 1. The summed E-state index contributed by atoms with van der Waals surface area (Å²) in [5.41, 5.74) is 2.34. The standard InChI is InChI=1S/C25H28BrN5O2S/c1-5-13-31-23(22(16(2)3)28-24(33)18-8-6-7-17(4)14-18)29-30-25(31)34-15-21(32)27-20-11-9-19(26)10-12-20/h5-12,14,16,22H,1,13,15H2,2-4H3,(H,27,32)(H,28,33)/t22-/m1/s1. The predicted octanol–water partition coefficient (Wildman–Crippen LogP) is 5.39. The average molecular weight is 543 g/mol. The second kappa shape index (κ2) is 12.0. The number of amides is 2. The number of benzene rings is 2.